The predicted molar refractivity (Wildman–Crippen MR) is 79.9 cm³/mol. The summed E-state index contributed by atoms with van der Waals surface area (Å²) in [5.41, 5.74) is 0. The lowest BCUT2D eigenvalue weighted by molar-refractivity contribution is 0.101. The van der Waals surface area contributed by atoms with Crippen molar-refractivity contribution >= 4 is 15.2 Å². The summed E-state index contributed by atoms with van der Waals surface area (Å²) < 4.78 is 22.6. The van der Waals surface area contributed by atoms with E-state index in [-0.39, 0.29) is 12.6 Å². The molecule has 0 amide bonds. The van der Waals surface area contributed by atoms with Gasteiger partial charge in [0.25, 0.3) is 5.08 Å². The van der Waals surface area contributed by atoms with Crippen LogP contribution in [-0.2, 0) is 9.13 Å². The Balaban J connectivity index is 4.95. The minimum atomic E-state index is -5.36. The number of aliphatic hydroxyl groups is 1. The Morgan fingerprint density at radius 2 is 1.48 bits per heavy atom. The highest BCUT2D eigenvalue weighted by Crippen LogP contribution is 2.68. The monoisotopic (exact) mass is 347 g/mol. The molecule has 0 spiro atoms. The highest BCUT2D eigenvalue weighted by Gasteiger charge is 2.58. The molecule has 0 saturated heterocycles. The van der Waals surface area contributed by atoms with Crippen molar-refractivity contribution in [2.24, 2.45) is 0 Å². The molecule has 0 aromatic heterocycles. The van der Waals surface area contributed by atoms with E-state index in [1.54, 1.807) is 0 Å². The van der Waals surface area contributed by atoms with Crippen LogP contribution in [0.1, 0.15) is 46.5 Å². The smallest absolute Gasteiger partial charge is 0.367 e. The van der Waals surface area contributed by atoms with E-state index in [2.05, 4.69) is 0 Å². The molecule has 0 aromatic carbocycles. The lowest BCUT2D eigenvalue weighted by Gasteiger charge is -2.33. The number of hydrogen-bond donors (Lipinski definition) is 5. The van der Waals surface area contributed by atoms with Gasteiger partial charge in [-0.15, -0.1) is 0 Å². The van der Waals surface area contributed by atoms with Gasteiger partial charge in [0.1, 0.15) is 0 Å². The van der Waals surface area contributed by atoms with Crippen LogP contribution in [0.3, 0.4) is 0 Å². The summed E-state index contributed by atoms with van der Waals surface area (Å²) in [5.74, 6) is 0. The molecule has 0 aromatic rings. The second-order valence-corrected chi connectivity index (χ2v) is 9.46. The van der Waals surface area contributed by atoms with Crippen molar-refractivity contribution in [2.75, 3.05) is 13.1 Å². The topological polar surface area (TPSA) is 139 Å². The van der Waals surface area contributed by atoms with Gasteiger partial charge in [-0.25, -0.2) is 0 Å². The number of rotatable bonds is 10. The molecular weight excluding hydrogens is 320 g/mol. The Morgan fingerprint density at radius 1 is 1.00 bits per heavy atom. The van der Waals surface area contributed by atoms with E-state index >= 15 is 0 Å². The Morgan fingerprint density at radius 3 is 1.81 bits per heavy atom. The van der Waals surface area contributed by atoms with Crippen molar-refractivity contribution in [3.63, 3.8) is 0 Å². The standard InChI is InChI=1S/C11H27NO7P2/c1-4-5-6-8-12(10(2)3)9-7-11(13,20(14,15)16)21(17,18)19/h10,13H,4-9H2,1-3H3,(H2,14,15,16)(H2,17,18,19). The van der Waals surface area contributed by atoms with E-state index in [1.165, 1.54) is 0 Å². The molecule has 0 rings (SSSR count). The molecule has 0 aliphatic carbocycles. The van der Waals surface area contributed by atoms with E-state index < -0.39 is 26.7 Å². The first kappa shape index (κ1) is 21.2. The van der Waals surface area contributed by atoms with Crippen LogP contribution in [-0.4, -0.2) is 53.8 Å². The maximum atomic E-state index is 11.3. The van der Waals surface area contributed by atoms with Gasteiger partial charge in [-0.05, 0) is 26.8 Å². The Hall–Kier alpha value is 0.220. The number of nitrogens with zero attached hydrogens (tertiary/aromatic N) is 1. The highest BCUT2D eigenvalue weighted by molar-refractivity contribution is 7.72. The Labute approximate surface area is 125 Å². The molecule has 0 aliphatic heterocycles. The molecule has 0 atom stereocenters. The molecule has 0 unspecified atom stereocenters. The van der Waals surface area contributed by atoms with Crippen LogP contribution in [0.4, 0.5) is 0 Å². The van der Waals surface area contributed by atoms with Gasteiger partial charge >= 0.3 is 15.2 Å². The first-order valence-corrected chi connectivity index (χ1v) is 10.2. The zero-order valence-electron chi connectivity index (χ0n) is 12.7. The predicted octanol–water partition coefficient (Wildman–Crippen LogP) is 1.28. The van der Waals surface area contributed by atoms with Gasteiger partial charge < -0.3 is 29.6 Å². The summed E-state index contributed by atoms with van der Waals surface area (Å²) in [6.07, 6.45) is 2.19. The van der Waals surface area contributed by atoms with Gasteiger partial charge in [-0.1, -0.05) is 19.8 Å². The van der Waals surface area contributed by atoms with Crippen LogP contribution in [0.2, 0.25) is 0 Å². The maximum Gasteiger partial charge on any atom is 0.369 e. The molecule has 0 aliphatic rings. The zero-order valence-corrected chi connectivity index (χ0v) is 14.5. The maximum absolute atomic E-state index is 11.3. The SMILES string of the molecule is CCCCCN(CCC(O)(P(=O)(O)O)P(=O)(O)O)C(C)C. The van der Waals surface area contributed by atoms with Crippen LogP contribution in [0.5, 0.6) is 0 Å². The molecule has 128 valence electrons. The molecule has 0 bridgehead atoms. The third kappa shape index (κ3) is 6.08. The summed E-state index contributed by atoms with van der Waals surface area (Å²) in [5, 5.41) is 6.51. The van der Waals surface area contributed by atoms with Gasteiger partial charge in [0.2, 0.25) is 0 Å². The fourth-order valence-electron chi connectivity index (χ4n) is 1.95. The average Bonchev–Trinajstić information content (AvgIpc) is 2.29. The quantitative estimate of drug-likeness (QED) is 0.294. The van der Waals surface area contributed by atoms with Gasteiger partial charge in [-0.2, -0.15) is 0 Å². The first-order valence-electron chi connectivity index (χ1n) is 6.94. The molecule has 8 nitrogen and oxygen atoms in total. The third-order valence-electron chi connectivity index (χ3n) is 3.45. The van der Waals surface area contributed by atoms with Crippen molar-refractivity contribution in [1.29, 1.82) is 0 Å². The van der Waals surface area contributed by atoms with Gasteiger partial charge in [0, 0.05) is 19.0 Å². The lowest BCUT2D eigenvalue weighted by Crippen LogP contribution is -2.38. The van der Waals surface area contributed by atoms with E-state index in [0.29, 0.717) is 6.54 Å². The molecule has 21 heavy (non-hydrogen) atoms. The summed E-state index contributed by atoms with van der Waals surface area (Å²) >= 11 is 0. The van der Waals surface area contributed by atoms with Crippen molar-refractivity contribution in [2.45, 2.75) is 57.6 Å². The lowest BCUT2D eigenvalue weighted by atomic mass is 10.2. The normalized spacial score (nSPS) is 14.2. The van der Waals surface area contributed by atoms with E-state index in [1.807, 2.05) is 25.7 Å². The number of hydrogen-bond acceptors (Lipinski definition) is 4. The van der Waals surface area contributed by atoms with Crippen LogP contribution in [0.15, 0.2) is 0 Å². The Bertz CT molecular complexity index is 381. The molecular formula is C11H27NO7P2. The zero-order chi connectivity index (χ0) is 16.9. The molecule has 0 saturated carbocycles. The second kappa shape index (κ2) is 8.18. The van der Waals surface area contributed by atoms with Gasteiger partial charge in [-0.3, -0.25) is 9.13 Å². The third-order valence-corrected chi connectivity index (χ3v) is 7.32. The summed E-state index contributed by atoms with van der Waals surface area (Å²) in [7, 11) is -10.7. The van der Waals surface area contributed by atoms with Gasteiger partial charge in [0.15, 0.2) is 0 Å². The van der Waals surface area contributed by atoms with Crippen LogP contribution in [0, 0.1) is 0 Å². The van der Waals surface area contributed by atoms with Crippen molar-refractivity contribution in [1.82, 2.24) is 4.90 Å². The molecule has 0 radical (unpaired) electrons. The number of unbranched alkanes of at least 4 members (excludes halogenated alkanes) is 2. The van der Waals surface area contributed by atoms with Gasteiger partial charge in [0.05, 0.1) is 0 Å². The minimum Gasteiger partial charge on any atom is -0.367 e. The summed E-state index contributed by atoms with van der Waals surface area (Å²) in [4.78, 5) is 38.2. The molecule has 10 heteroatoms. The minimum absolute atomic E-state index is 0.00585. The largest absolute Gasteiger partial charge is 0.369 e. The van der Waals surface area contributed by atoms with Crippen LogP contribution < -0.4 is 0 Å². The molecule has 0 heterocycles. The first-order chi connectivity index (χ1) is 9.37. The average molecular weight is 347 g/mol. The fraction of sp³-hybridized carbons (Fsp3) is 1.00. The van der Waals surface area contributed by atoms with Crippen molar-refractivity contribution in [3.05, 3.63) is 0 Å². The highest BCUT2D eigenvalue weighted by atomic mass is 31.2. The molecule has 0 fully saturated rings. The van der Waals surface area contributed by atoms with Crippen LogP contribution in [0.25, 0.3) is 0 Å². The fourth-order valence-corrected chi connectivity index (χ4v) is 4.09. The summed E-state index contributed by atoms with van der Waals surface area (Å²) in [6, 6.07) is 0.0413. The molecule has 5 N–H and O–H groups in total. The van der Waals surface area contributed by atoms with E-state index in [4.69, 9.17) is 19.6 Å². The Kier molecular flexibility index (Phi) is 8.26. The van der Waals surface area contributed by atoms with Crippen molar-refractivity contribution in [3.8, 4) is 0 Å². The van der Waals surface area contributed by atoms with Crippen LogP contribution >= 0.6 is 15.2 Å². The van der Waals surface area contributed by atoms with E-state index in [0.717, 1.165) is 19.3 Å². The summed E-state index contributed by atoms with van der Waals surface area (Å²) in [6.45, 7) is 6.43. The van der Waals surface area contributed by atoms with Crippen molar-refractivity contribution < 1.29 is 33.8 Å². The van der Waals surface area contributed by atoms with E-state index in [9.17, 15) is 14.2 Å². The second-order valence-electron chi connectivity index (χ2n) is 5.45.